The minimum atomic E-state index is -0.886. The van der Waals surface area contributed by atoms with Crippen LogP contribution in [-0.4, -0.2) is 48.9 Å². The third kappa shape index (κ3) is 9.94. The van der Waals surface area contributed by atoms with E-state index in [-0.39, 0.29) is 24.2 Å². The van der Waals surface area contributed by atoms with E-state index in [1.165, 1.54) is 14.0 Å². The quantitative estimate of drug-likeness (QED) is 0.424. The third-order valence-electron chi connectivity index (χ3n) is 4.83. The van der Waals surface area contributed by atoms with Crippen LogP contribution in [0, 0.1) is 11.8 Å². The Bertz CT molecular complexity index is 764. The lowest BCUT2D eigenvalue weighted by Gasteiger charge is -2.26. The molecule has 32 heavy (non-hydrogen) atoms. The first-order chi connectivity index (χ1) is 15.0. The van der Waals surface area contributed by atoms with E-state index in [1.807, 2.05) is 58.0 Å². The molecule has 0 unspecified atom stereocenters. The highest BCUT2D eigenvalue weighted by atomic mass is 16.5. The molecule has 0 aliphatic heterocycles. The van der Waals surface area contributed by atoms with Gasteiger partial charge in [-0.15, -0.1) is 0 Å². The van der Waals surface area contributed by atoms with Gasteiger partial charge in [0, 0.05) is 13.3 Å². The molecule has 0 spiro atoms. The highest BCUT2D eigenvalue weighted by molar-refractivity contribution is 5.93. The van der Waals surface area contributed by atoms with Crippen LogP contribution in [0.15, 0.2) is 30.3 Å². The first-order valence-electron chi connectivity index (χ1n) is 11.0. The van der Waals surface area contributed by atoms with Crippen molar-refractivity contribution in [3.8, 4) is 0 Å². The first kappa shape index (κ1) is 27.1. The van der Waals surface area contributed by atoms with Gasteiger partial charge in [-0.05, 0) is 30.2 Å². The Morgan fingerprint density at radius 3 is 1.69 bits per heavy atom. The van der Waals surface area contributed by atoms with E-state index in [4.69, 9.17) is 4.74 Å². The molecule has 0 aliphatic rings. The molecule has 3 N–H and O–H groups in total. The first-order valence-corrected chi connectivity index (χ1v) is 11.0. The Kier molecular flexibility index (Phi) is 11.4. The summed E-state index contributed by atoms with van der Waals surface area (Å²) in [5.41, 5.74) is 0.871. The number of carbonyl (C=O) groups excluding carboxylic acids is 4. The topological polar surface area (TPSA) is 114 Å². The summed E-state index contributed by atoms with van der Waals surface area (Å²) >= 11 is 0. The summed E-state index contributed by atoms with van der Waals surface area (Å²) in [6, 6.07) is 6.81. The van der Waals surface area contributed by atoms with Crippen molar-refractivity contribution in [2.45, 2.75) is 72.0 Å². The molecule has 0 bridgehead atoms. The van der Waals surface area contributed by atoms with Crippen LogP contribution < -0.4 is 16.0 Å². The van der Waals surface area contributed by atoms with E-state index in [1.54, 1.807) is 0 Å². The number of esters is 1. The number of methoxy groups -OCH3 is 1. The van der Waals surface area contributed by atoms with Crippen molar-refractivity contribution in [2.75, 3.05) is 7.11 Å². The van der Waals surface area contributed by atoms with Crippen LogP contribution in [0.3, 0.4) is 0 Å². The summed E-state index contributed by atoms with van der Waals surface area (Å²) in [7, 11) is 1.27. The number of nitrogens with one attached hydrogen (secondary N) is 3. The van der Waals surface area contributed by atoms with Crippen LogP contribution in [-0.2, 0) is 30.3 Å². The number of ether oxygens (including phenoxy) is 1. The van der Waals surface area contributed by atoms with Crippen LogP contribution in [0.5, 0.6) is 0 Å². The smallest absolute Gasteiger partial charge is 0.328 e. The summed E-state index contributed by atoms with van der Waals surface area (Å²) in [4.78, 5) is 49.8. The van der Waals surface area contributed by atoms with Gasteiger partial charge in [0.15, 0.2) is 0 Å². The van der Waals surface area contributed by atoms with Gasteiger partial charge >= 0.3 is 5.97 Å². The molecule has 0 radical (unpaired) electrons. The Balaban J connectivity index is 2.99. The van der Waals surface area contributed by atoms with Gasteiger partial charge in [-0.3, -0.25) is 14.4 Å². The van der Waals surface area contributed by atoms with E-state index in [2.05, 4.69) is 16.0 Å². The highest BCUT2D eigenvalue weighted by Crippen LogP contribution is 2.10. The fourth-order valence-electron chi connectivity index (χ4n) is 3.38. The Hall–Kier alpha value is -2.90. The molecule has 8 nitrogen and oxygen atoms in total. The highest BCUT2D eigenvalue weighted by Gasteiger charge is 2.30. The van der Waals surface area contributed by atoms with Crippen molar-refractivity contribution in [1.82, 2.24) is 16.0 Å². The molecule has 1 aromatic carbocycles. The summed E-state index contributed by atoms with van der Waals surface area (Å²) in [5.74, 6) is -1.49. The zero-order valence-electron chi connectivity index (χ0n) is 19.9. The van der Waals surface area contributed by atoms with E-state index >= 15 is 0 Å². The molecule has 0 fully saturated rings. The SMILES string of the molecule is COC(=O)[C@H](Cc1ccccc1)NC(=O)[C@H](CC(C)C)NC(=O)[C@H](CC(C)C)NC(C)=O. The molecular formula is C24H37N3O5. The van der Waals surface area contributed by atoms with E-state index in [9.17, 15) is 19.2 Å². The summed E-state index contributed by atoms with van der Waals surface area (Å²) < 4.78 is 4.86. The van der Waals surface area contributed by atoms with Crippen LogP contribution >= 0.6 is 0 Å². The number of amides is 3. The standard InChI is InChI=1S/C24H37N3O5/c1-15(2)12-19(25-17(5)28)22(29)26-20(13-16(3)4)23(30)27-21(24(31)32-6)14-18-10-8-7-9-11-18/h7-11,15-16,19-21H,12-14H2,1-6H3,(H,25,28)(H,26,29)(H,27,30)/t19-,20-,21-/m0/s1. The lowest BCUT2D eigenvalue weighted by molar-refractivity contribution is -0.145. The molecule has 0 aromatic heterocycles. The zero-order chi connectivity index (χ0) is 24.3. The number of hydrogen-bond donors (Lipinski definition) is 3. The maximum atomic E-state index is 13.1. The molecule has 0 heterocycles. The summed E-state index contributed by atoms with van der Waals surface area (Å²) in [5, 5.41) is 8.15. The lowest BCUT2D eigenvalue weighted by Crippen LogP contribution is -2.56. The van der Waals surface area contributed by atoms with Gasteiger partial charge in [0.2, 0.25) is 17.7 Å². The average molecular weight is 448 g/mol. The van der Waals surface area contributed by atoms with Gasteiger partial charge in [0.25, 0.3) is 0 Å². The summed E-state index contributed by atoms with van der Waals surface area (Å²) in [6.45, 7) is 9.13. The molecule has 3 atom stereocenters. The number of hydrogen-bond acceptors (Lipinski definition) is 5. The van der Waals surface area contributed by atoms with Gasteiger partial charge in [-0.25, -0.2) is 4.79 Å². The van der Waals surface area contributed by atoms with Crippen molar-refractivity contribution in [1.29, 1.82) is 0 Å². The fraction of sp³-hybridized carbons (Fsp3) is 0.583. The Morgan fingerprint density at radius 2 is 1.25 bits per heavy atom. The molecular weight excluding hydrogens is 410 g/mol. The van der Waals surface area contributed by atoms with Gasteiger partial charge < -0.3 is 20.7 Å². The number of rotatable bonds is 12. The van der Waals surface area contributed by atoms with Gasteiger partial charge in [-0.1, -0.05) is 58.0 Å². The average Bonchev–Trinajstić information content (AvgIpc) is 2.71. The second-order valence-corrected chi connectivity index (χ2v) is 8.85. The maximum absolute atomic E-state index is 13.1. The molecule has 0 saturated carbocycles. The van der Waals surface area contributed by atoms with Crippen LogP contribution in [0.2, 0.25) is 0 Å². The van der Waals surface area contributed by atoms with Crippen LogP contribution in [0.25, 0.3) is 0 Å². The molecule has 1 aromatic rings. The predicted octanol–water partition coefficient (Wildman–Crippen LogP) is 1.97. The minimum Gasteiger partial charge on any atom is -0.467 e. The van der Waals surface area contributed by atoms with Crippen molar-refractivity contribution >= 4 is 23.7 Å². The van der Waals surface area contributed by atoms with Crippen molar-refractivity contribution in [2.24, 2.45) is 11.8 Å². The minimum absolute atomic E-state index is 0.112. The second-order valence-electron chi connectivity index (χ2n) is 8.85. The Morgan fingerprint density at radius 1 is 0.781 bits per heavy atom. The molecule has 0 aliphatic carbocycles. The molecule has 0 saturated heterocycles. The number of benzene rings is 1. The van der Waals surface area contributed by atoms with Crippen molar-refractivity contribution in [3.05, 3.63) is 35.9 Å². The van der Waals surface area contributed by atoms with Crippen LogP contribution in [0.1, 0.15) is 53.0 Å². The fourth-order valence-corrected chi connectivity index (χ4v) is 3.38. The lowest BCUT2D eigenvalue weighted by atomic mass is 9.99. The monoisotopic (exact) mass is 447 g/mol. The predicted molar refractivity (Wildman–Crippen MR) is 123 cm³/mol. The second kappa shape index (κ2) is 13.5. The number of carbonyl (C=O) groups is 4. The van der Waals surface area contributed by atoms with Crippen molar-refractivity contribution in [3.63, 3.8) is 0 Å². The Labute approximate surface area is 190 Å². The van der Waals surface area contributed by atoms with Crippen molar-refractivity contribution < 1.29 is 23.9 Å². The van der Waals surface area contributed by atoms with E-state index in [0.717, 1.165) is 5.56 Å². The normalized spacial score (nSPS) is 13.8. The van der Waals surface area contributed by atoms with E-state index < -0.39 is 35.9 Å². The largest absolute Gasteiger partial charge is 0.467 e. The third-order valence-corrected chi connectivity index (χ3v) is 4.83. The van der Waals surface area contributed by atoms with Crippen LogP contribution in [0.4, 0.5) is 0 Å². The van der Waals surface area contributed by atoms with Gasteiger partial charge in [0.1, 0.15) is 18.1 Å². The maximum Gasteiger partial charge on any atom is 0.328 e. The summed E-state index contributed by atoms with van der Waals surface area (Å²) in [6.07, 6.45) is 1.09. The molecule has 8 heteroatoms. The molecule has 178 valence electrons. The molecule has 1 rings (SSSR count). The van der Waals surface area contributed by atoms with Gasteiger partial charge in [-0.2, -0.15) is 0 Å². The zero-order valence-corrected chi connectivity index (χ0v) is 19.9. The molecule has 3 amide bonds. The van der Waals surface area contributed by atoms with E-state index in [0.29, 0.717) is 12.8 Å². The van der Waals surface area contributed by atoms with Gasteiger partial charge in [0.05, 0.1) is 7.11 Å².